The molecule has 0 aliphatic carbocycles. The maximum Gasteiger partial charge on any atom is 0.131 e. The molecule has 1 saturated heterocycles. The van der Waals surface area contributed by atoms with Gasteiger partial charge in [0.05, 0.1) is 0 Å². The molecule has 1 aliphatic heterocycles. The first-order chi connectivity index (χ1) is 7.57. The number of aromatic nitrogens is 2. The summed E-state index contributed by atoms with van der Waals surface area (Å²) in [6.45, 7) is 5.73. The number of hydrogen-bond donors (Lipinski definition) is 1. The summed E-state index contributed by atoms with van der Waals surface area (Å²) in [7, 11) is 0. The molecule has 1 aromatic heterocycles. The van der Waals surface area contributed by atoms with E-state index in [0.717, 1.165) is 42.3 Å². The van der Waals surface area contributed by atoms with Gasteiger partial charge >= 0.3 is 0 Å². The molecule has 0 radical (unpaired) electrons. The van der Waals surface area contributed by atoms with E-state index in [1.165, 1.54) is 0 Å². The molecule has 0 unspecified atom stereocenters. The summed E-state index contributed by atoms with van der Waals surface area (Å²) in [4.78, 5) is 8.57. The van der Waals surface area contributed by atoms with Crippen LogP contribution in [0, 0.1) is 6.92 Å². The molecule has 16 heavy (non-hydrogen) atoms. The van der Waals surface area contributed by atoms with Gasteiger partial charge in [0, 0.05) is 24.8 Å². The maximum absolute atomic E-state index is 5.37. The minimum atomic E-state index is 0.0818. The second kappa shape index (κ2) is 4.67. The molecule has 0 atom stereocenters. The highest BCUT2D eigenvalue weighted by Gasteiger charge is 2.27. The Morgan fingerprint density at radius 2 is 2.06 bits per heavy atom. The molecule has 0 bridgehead atoms. The van der Waals surface area contributed by atoms with Gasteiger partial charge in [-0.05, 0) is 42.6 Å². The summed E-state index contributed by atoms with van der Waals surface area (Å²) in [5, 5.41) is 3.48. The van der Waals surface area contributed by atoms with Crippen LogP contribution in [0.4, 0.5) is 5.82 Å². The average Bonchev–Trinajstić information content (AvgIpc) is 2.15. The molecule has 0 amide bonds. The molecule has 4 nitrogen and oxygen atoms in total. The van der Waals surface area contributed by atoms with Gasteiger partial charge in [0.15, 0.2) is 0 Å². The highest BCUT2D eigenvalue weighted by Crippen LogP contribution is 2.25. The first kappa shape index (κ1) is 11.8. The van der Waals surface area contributed by atoms with E-state index in [-0.39, 0.29) is 5.54 Å². The van der Waals surface area contributed by atoms with Crippen molar-refractivity contribution in [2.45, 2.75) is 32.2 Å². The number of anilines is 1. The van der Waals surface area contributed by atoms with Crippen LogP contribution in [0.2, 0.25) is 0 Å². The monoisotopic (exact) mass is 285 g/mol. The van der Waals surface area contributed by atoms with Gasteiger partial charge < -0.3 is 10.1 Å². The van der Waals surface area contributed by atoms with Crippen LogP contribution in [0.5, 0.6) is 0 Å². The summed E-state index contributed by atoms with van der Waals surface area (Å²) >= 11 is 3.38. The van der Waals surface area contributed by atoms with E-state index in [1.54, 1.807) is 0 Å². The second-order valence-electron chi connectivity index (χ2n) is 4.42. The van der Waals surface area contributed by atoms with Crippen molar-refractivity contribution in [2.24, 2.45) is 0 Å². The van der Waals surface area contributed by atoms with Crippen LogP contribution in [-0.4, -0.2) is 28.7 Å². The zero-order valence-corrected chi connectivity index (χ0v) is 11.2. The molecule has 0 saturated carbocycles. The van der Waals surface area contributed by atoms with Gasteiger partial charge in [0.25, 0.3) is 0 Å². The van der Waals surface area contributed by atoms with Gasteiger partial charge in [-0.25, -0.2) is 9.97 Å². The van der Waals surface area contributed by atoms with E-state index >= 15 is 0 Å². The van der Waals surface area contributed by atoms with Crippen molar-refractivity contribution in [1.82, 2.24) is 9.97 Å². The predicted molar refractivity (Wildman–Crippen MR) is 66.5 cm³/mol. The third-order valence-corrected chi connectivity index (χ3v) is 3.24. The molecule has 5 heteroatoms. The molecule has 1 fully saturated rings. The summed E-state index contributed by atoms with van der Waals surface area (Å²) in [6.07, 6.45) is 2.02. The van der Waals surface area contributed by atoms with E-state index in [2.05, 4.69) is 38.1 Å². The van der Waals surface area contributed by atoms with Gasteiger partial charge in [-0.2, -0.15) is 0 Å². The highest BCUT2D eigenvalue weighted by atomic mass is 79.9. The van der Waals surface area contributed by atoms with Crippen molar-refractivity contribution in [2.75, 3.05) is 18.5 Å². The van der Waals surface area contributed by atoms with E-state index in [1.807, 2.05) is 13.0 Å². The summed E-state index contributed by atoms with van der Waals surface area (Å²) in [6, 6.07) is 1.91. The summed E-state index contributed by atoms with van der Waals surface area (Å²) in [5.74, 6) is 1.65. The summed E-state index contributed by atoms with van der Waals surface area (Å²) in [5.41, 5.74) is 0.0818. The molecule has 0 spiro atoms. The van der Waals surface area contributed by atoms with Gasteiger partial charge in [-0.15, -0.1) is 0 Å². The molecular weight excluding hydrogens is 270 g/mol. The number of ether oxygens (including phenoxy) is 1. The van der Waals surface area contributed by atoms with Crippen LogP contribution in [0.1, 0.15) is 25.6 Å². The topological polar surface area (TPSA) is 47.0 Å². The van der Waals surface area contributed by atoms with Crippen LogP contribution < -0.4 is 5.32 Å². The molecular formula is C11H16BrN3O. The van der Waals surface area contributed by atoms with Crippen LogP contribution in [0.25, 0.3) is 0 Å². The zero-order chi connectivity index (χ0) is 11.6. The van der Waals surface area contributed by atoms with Crippen molar-refractivity contribution in [3.05, 3.63) is 16.5 Å². The lowest BCUT2D eigenvalue weighted by atomic mass is 9.92. The Hall–Kier alpha value is -0.680. The average molecular weight is 286 g/mol. The van der Waals surface area contributed by atoms with Crippen molar-refractivity contribution in [3.8, 4) is 0 Å². The number of nitrogens with one attached hydrogen (secondary N) is 1. The van der Waals surface area contributed by atoms with Gasteiger partial charge in [0.1, 0.15) is 16.2 Å². The molecule has 1 aliphatic rings. The molecule has 88 valence electrons. The van der Waals surface area contributed by atoms with Gasteiger partial charge in [-0.3, -0.25) is 0 Å². The van der Waals surface area contributed by atoms with Crippen molar-refractivity contribution < 1.29 is 4.74 Å². The molecule has 1 aromatic rings. The smallest absolute Gasteiger partial charge is 0.131 e. The van der Waals surface area contributed by atoms with Gasteiger partial charge in [0.2, 0.25) is 0 Å². The largest absolute Gasteiger partial charge is 0.381 e. The maximum atomic E-state index is 5.37. The number of aryl methyl sites for hydroxylation is 1. The fourth-order valence-electron chi connectivity index (χ4n) is 1.85. The molecule has 1 N–H and O–H groups in total. The lowest BCUT2D eigenvalue weighted by Crippen LogP contribution is -2.40. The first-order valence-corrected chi connectivity index (χ1v) is 6.24. The lowest BCUT2D eigenvalue weighted by molar-refractivity contribution is 0.0657. The van der Waals surface area contributed by atoms with Crippen molar-refractivity contribution in [1.29, 1.82) is 0 Å². The Morgan fingerprint density at radius 3 is 2.69 bits per heavy atom. The standard InChI is InChI=1S/C11H16BrN3O/c1-8-13-9(12)7-10(14-8)15-11(2)3-5-16-6-4-11/h7H,3-6H2,1-2H3,(H,13,14,15). The van der Waals surface area contributed by atoms with Crippen LogP contribution in [0.3, 0.4) is 0 Å². The Kier molecular flexibility index (Phi) is 3.44. The van der Waals surface area contributed by atoms with E-state index in [0.29, 0.717) is 0 Å². The van der Waals surface area contributed by atoms with Crippen molar-refractivity contribution in [3.63, 3.8) is 0 Å². The number of hydrogen-bond acceptors (Lipinski definition) is 4. The fraction of sp³-hybridized carbons (Fsp3) is 0.636. The van der Waals surface area contributed by atoms with Crippen LogP contribution >= 0.6 is 15.9 Å². The normalized spacial score (nSPS) is 19.4. The van der Waals surface area contributed by atoms with E-state index < -0.39 is 0 Å². The van der Waals surface area contributed by atoms with Crippen molar-refractivity contribution >= 4 is 21.7 Å². The van der Waals surface area contributed by atoms with Crippen LogP contribution in [-0.2, 0) is 4.74 Å². The number of halogens is 1. The van der Waals surface area contributed by atoms with Crippen LogP contribution in [0.15, 0.2) is 10.7 Å². The Balaban J connectivity index is 2.13. The molecule has 0 aromatic carbocycles. The minimum absolute atomic E-state index is 0.0818. The van der Waals surface area contributed by atoms with E-state index in [4.69, 9.17) is 4.74 Å². The SMILES string of the molecule is Cc1nc(Br)cc(NC2(C)CCOCC2)n1. The number of nitrogens with zero attached hydrogens (tertiary/aromatic N) is 2. The zero-order valence-electron chi connectivity index (χ0n) is 9.59. The highest BCUT2D eigenvalue weighted by molar-refractivity contribution is 9.10. The quantitative estimate of drug-likeness (QED) is 0.849. The number of rotatable bonds is 2. The minimum Gasteiger partial charge on any atom is -0.381 e. The summed E-state index contributed by atoms with van der Waals surface area (Å²) < 4.78 is 6.19. The molecule has 2 heterocycles. The Labute approximate surface area is 104 Å². The Morgan fingerprint density at radius 1 is 1.38 bits per heavy atom. The second-order valence-corrected chi connectivity index (χ2v) is 5.23. The fourth-order valence-corrected chi connectivity index (χ4v) is 2.32. The molecule has 2 rings (SSSR count). The van der Waals surface area contributed by atoms with Gasteiger partial charge in [-0.1, -0.05) is 0 Å². The predicted octanol–water partition coefficient (Wildman–Crippen LogP) is 2.53. The Bertz CT molecular complexity index is 357. The third kappa shape index (κ3) is 2.92. The lowest BCUT2D eigenvalue weighted by Gasteiger charge is -2.34. The third-order valence-electron chi connectivity index (χ3n) is 2.83. The van der Waals surface area contributed by atoms with E-state index in [9.17, 15) is 0 Å². The first-order valence-electron chi connectivity index (χ1n) is 5.45.